The van der Waals surface area contributed by atoms with Crippen LogP contribution in [0.2, 0.25) is 18.1 Å². The highest BCUT2D eigenvalue weighted by Crippen LogP contribution is 2.43. The lowest BCUT2D eigenvalue weighted by Crippen LogP contribution is -2.60. The van der Waals surface area contributed by atoms with Gasteiger partial charge in [-0.15, -0.1) is 0 Å². The van der Waals surface area contributed by atoms with Gasteiger partial charge < -0.3 is 24.5 Å². The van der Waals surface area contributed by atoms with E-state index in [4.69, 9.17) is 15.0 Å². The fraction of sp³-hybridized carbons (Fsp3) is 1.00. The molecule has 1 saturated heterocycles. The number of aliphatic hydroxyl groups is 2. The molecule has 0 spiro atoms. The first-order chi connectivity index (χ1) is 11.6. The van der Waals surface area contributed by atoms with E-state index in [1.165, 1.54) is 0 Å². The first-order valence-corrected chi connectivity index (χ1v) is 11.9. The maximum absolute atomic E-state index is 10.7. The zero-order valence-electron chi connectivity index (χ0n) is 15.9. The zero-order valence-corrected chi connectivity index (χ0v) is 16.9. The molecular weight excluding hydrogens is 342 g/mol. The fourth-order valence-corrected chi connectivity index (χ4v) is 3.56. The third kappa shape index (κ3) is 5.65. The van der Waals surface area contributed by atoms with Gasteiger partial charge in [0.1, 0.15) is 12.2 Å². The maximum Gasteiger partial charge on any atom is 0.188 e. The first-order valence-electron chi connectivity index (χ1n) is 8.91. The van der Waals surface area contributed by atoms with Crippen molar-refractivity contribution in [1.29, 1.82) is 0 Å². The van der Waals surface area contributed by atoms with Crippen molar-refractivity contribution in [3.8, 4) is 0 Å². The van der Waals surface area contributed by atoms with Crippen LogP contribution in [0, 0.1) is 0 Å². The lowest BCUT2D eigenvalue weighted by atomic mass is 9.88. The van der Waals surface area contributed by atoms with E-state index in [-0.39, 0.29) is 6.61 Å². The van der Waals surface area contributed by atoms with E-state index in [0.29, 0.717) is 13.0 Å². The minimum absolute atomic E-state index is 0.298. The number of nitrogens with zero attached hydrogens (tertiary/aromatic N) is 3. The number of aliphatic hydroxyl groups excluding tert-OH is 2. The lowest BCUT2D eigenvalue weighted by molar-refractivity contribution is -0.208. The van der Waals surface area contributed by atoms with Gasteiger partial charge in [-0.05, 0) is 36.5 Å². The maximum atomic E-state index is 10.7. The summed E-state index contributed by atoms with van der Waals surface area (Å²) in [7, 11) is -2.51. The van der Waals surface area contributed by atoms with Crippen LogP contribution >= 0.6 is 0 Å². The standard InChI is InChI=1S/C16H33N3O5Si/c1-6-7-8-23-15-12(10-20)24-11(13(14(15)21)18-19-17)9-16(2,3)25(4,5)22/h11-15,20-22H,6-10H2,1-5H3/t11?,12?,13-,14?,15-/m1/s1. The van der Waals surface area contributed by atoms with Crippen LogP contribution in [0.1, 0.15) is 40.0 Å². The Balaban J connectivity index is 3.01. The van der Waals surface area contributed by atoms with Crippen molar-refractivity contribution < 1.29 is 24.5 Å². The average molecular weight is 376 g/mol. The summed E-state index contributed by atoms with van der Waals surface area (Å²) in [5.41, 5.74) is 8.90. The van der Waals surface area contributed by atoms with Crippen molar-refractivity contribution in [2.75, 3.05) is 13.2 Å². The van der Waals surface area contributed by atoms with Gasteiger partial charge in [0.05, 0.1) is 24.9 Å². The fourth-order valence-electron chi connectivity index (χ4n) is 2.86. The van der Waals surface area contributed by atoms with Crippen molar-refractivity contribution in [3.63, 3.8) is 0 Å². The molecule has 0 bridgehead atoms. The van der Waals surface area contributed by atoms with E-state index in [1.807, 2.05) is 33.9 Å². The van der Waals surface area contributed by atoms with Crippen LogP contribution in [0.5, 0.6) is 0 Å². The predicted molar refractivity (Wildman–Crippen MR) is 97.7 cm³/mol. The van der Waals surface area contributed by atoms with Crippen LogP contribution in [0.25, 0.3) is 10.4 Å². The van der Waals surface area contributed by atoms with Gasteiger partial charge >= 0.3 is 0 Å². The second kappa shape index (κ2) is 9.32. The van der Waals surface area contributed by atoms with Crippen LogP contribution in [0.4, 0.5) is 0 Å². The Morgan fingerprint density at radius 1 is 1.32 bits per heavy atom. The third-order valence-corrected chi connectivity index (χ3v) is 8.84. The molecule has 146 valence electrons. The quantitative estimate of drug-likeness (QED) is 0.187. The Morgan fingerprint density at radius 2 is 1.96 bits per heavy atom. The molecule has 0 saturated carbocycles. The monoisotopic (exact) mass is 375 g/mol. The van der Waals surface area contributed by atoms with Gasteiger partial charge in [-0.2, -0.15) is 0 Å². The number of hydrogen-bond donors (Lipinski definition) is 3. The topological polar surface area (TPSA) is 128 Å². The molecule has 1 aliphatic rings. The summed E-state index contributed by atoms with van der Waals surface area (Å²) in [4.78, 5) is 13.4. The normalized spacial score (nSPS) is 30.8. The largest absolute Gasteiger partial charge is 0.432 e. The van der Waals surface area contributed by atoms with Crippen LogP contribution in [0.3, 0.4) is 0 Å². The zero-order chi connectivity index (χ0) is 19.3. The van der Waals surface area contributed by atoms with Crippen molar-refractivity contribution in [2.24, 2.45) is 5.11 Å². The summed E-state index contributed by atoms with van der Waals surface area (Å²) in [6.45, 7) is 9.74. The SMILES string of the molecule is CCCCO[C@@H]1C(CO)OC(CC(C)(C)[Si](C)(C)O)[C@@H](N=[N+]=[N-])C1O. The molecule has 5 atom stereocenters. The number of hydrogen-bond acceptors (Lipinski definition) is 6. The number of unbranched alkanes of at least 4 members (excludes halogenated alkanes) is 1. The molecule has 9 heteroatoms. The van der Waals surface area contributed by atoms with Gasteiger partial charge in [-0.1, -0.05) is 32.3 Å². The van der Waals surface area contributed by atoms with Crippen LogP contribution in [-0.2, 0) is 9.47 Å². The average Bonchev–Trinajstić information content (AvgIpc) is 2.51. The molecule has 1 rings (SSSR count). The van der Waals surface area contributed by atoms with Crippen LogP contribution in [-0.4, -0.2) is 67.0 Å². The van der Waals surface area contributed by atoms with Gasteiger partial charge in [-0.25, -0.2) is 0 Å². The molecule has 1 fully saturated rings. The molecule has 0 radical (unpaired) electrons. The highest BCUT2D eigenvalue weighted by molar-refractivity contribution is 6.72. The lowest BCUT2D eigenvalue weighted by Gasteiger charge is -2.46. The first kappa shape index (κ1) is 22.4. The van der Waals surface area contributed by atoms with Crippen molar-refractivity contribution in [1.82, 2.24) is 0 Å². The molecule has 0 aromatic carbocycles. The van der Waals surface area contributed by atoms with E-state index in [9.17, 15) is 15.0 Å². The molecule has 0 aromatic heterocycles. The Bertz CT molecular complexity index is 465. The second-order valence-electron chi connectivity index (χ2n) is 7.92. The van der Waals surface area contributed by atoms with Crippen LogP contribution < -0.4 is 0 Å². The molecule has 1 heterocycles. The summed E-state index contributed by atoms with van der Waals surface area (Å²) in [6, 6.07) is -0.824. The summed E-state index contributed by atoms with van der Waals surface area (Å²) in [5.74, 6) is 0. The van der Waals surface area contributed by atoms with Gasteiger partial charge in [0.2, 0.25) is 0 Å². The van der Waals surface area contributed by atoms with E-state index in [2.05, 4.69) is 10.0 Å². The second-order valence-corrected chi connectivity index (χ2v) is 12.4. The number of rotatable bonds is 9. The van der Waals surface area contributed by atoms with Crippen molar-refractivity contribution in [3.05, 3.63) is 10.4 Å². The predicted octanol–water partition coefficient (Wildman–Crippen LogP) is 2.34. The van der Waals surface area contributed by atoms with Gasteiger partial charge in [0.15, 0.2) is 8.32 Å². The molecule has 1 aliphatic heterocycles. The Kier molecular flexibility index (Phi) is 8.34. The Hall–Kier alpha value is -0.673. The molecule has 3 N–H and O–H groups in total. The summed E-state index contributed by atoms with van der Waals surface area (Å²) in [5, 5.41) is 23.7. The Morgan fingerprint density at radius 3 is 2.44 bits per heavy atom. The van der Waals surface area contributed by atoms with Crippen molar-refractivity contribution in [2.45, 2.75) is 88.6 Å². The summed E-state index contributed by atoms with van der Waals surface area (Å²) in [6.07, 6.45) is -0.908. The van der Waals surface area contributed by atoms with Crippen molar-refractivity contribution >= 4 is 8.32 Å². The molecular formula is C16H33N3O5Si. The van der Waals surface area contributed by atoms with Gasteiger partial charge in [0.25, 0.3) is 0 Å². The summed E-state index contributed by atoms with van der Waals surface area (Å²) < 4.78 is 11.7. The molecule has 0 aliphatic carbocycles. The molecule has 3 unspecified atom stereocenters. The highest BCUT2D eigenvalue weighted by atomic mass is 28.4. The van der Waals surface area contributed by atoms with Gasteiger partial charge in [-0.3, -0.25) is 0 Å². The minimum atomic E-state index is -2.51. The Labute approximate surface area is 150 Å². The van der Waals surface area contributed by atoms with Gasteiger partial charge in [0, 0.05) is 11.5 Å². The molecule has 0 amide bonds. The third-order valence-electron chi connectivity index (χ3n) is 5.32. The molecule has 25 heavy (non-hydrogen) atoms. The van der Waals surface area contributed by atoms with E-state index >= 15 is 0 Å². The van der Waals surface area contributed by atoms with Crippen LogP contribution in [0.15, 0.2) is 5.11 Å². The van der Waals surface area contributed by atoms with E-state index in [0.717, 1.165) is 12.8 Å². The highest BCUT2D eigenvalue weighted by Gasteiger charge is 2.49. The molecule has 0 aromatic rings. The molecule has 8 nitrogen and oxygen atoms in total. The number of ether oxygens (including phenoxy) is 2. The van der Waals surface area contributed by atoms with E-state index in [1.54, 1.807) is 0 Å². The minimum Gasteiger partial charge on any atom is -0.432 e. The summed E-state index contributed by atoms with van der Waals surface area (Å²) >= 11 is 0. The number of azide groups is 1. The van der Waals surface area contributed by atoms with E-state index < -0.39 is 43.8 Å². The smallest absolute Gasteiger partial charge is 0.188 e.